The summed E-state index contributed by atoms with van der Waals surface area (Å²) in [6.07, 6.45) is 4.66. The second-order valence-corrected chi connectivity index (χ2v) is 7.02. The molecule has 0 amide bonds. The van der Waals surface area contributed by atoms with E-state index in [1.165, 1.54) is 44.6 Å². The van der Waals surface area contributed by atoms with Gasteiger partial charge in [0, 0.05) is 44.5 Å². The first-order valence-electron chi connectivity index (χ1n) is 9.90. The number of hydrogen-bond donors (Lipinski definition) is 2. The van der Waals surface area contributed by atoms with E-state index in [2.05, 4.69) is 52.2 Å². The van der Waals surface area contributed by atoms with Crippen LogP contribution in [0.15, 0.2) is 11.1 Å². The number of aryl methyl sites for hydroxylation is 3. The summed E-state index contributed by atoms with van der Waals surface area (Å²) >= 11 is 0. The highest BCUT2D eigenvalue weighted by Crippen LogP contribution is 2.10. The predicted octanol–water partition coefficient (Wildman–Crippen LogP) is 2.32. The Balaban J connectivity index is 1.75. The van der Waals surface area contributed by atoms with Gasteiger partial charge < -0.3 is 15.5 Å². The largest absolute Gasteiger partial charge is 0.357 e. The summed E-state index contributed by atoms with van der Waals surface area (Å²) in [6.45, 7) is 14.8. The second-order valence-electron chi connectivity index (χ2n) is 7.02. The molecule has 1 aromatic heterocycles. The number of nitrogens with one attached hydrogen (secondary N) is 2. The number of rotatable bonds is 8. The van der Waals surface area contributed by atoms with E-state index in [0.717, 1.165) is 37.7 Å². The van der Waals surface area contributed by atoms with Crippen molar-refractivity contribution in [3.63, 3.8) is 0 Å². The summed E-state index contributed by atoms with van der Waals surface area (Å²) in [6, 6.07) is 2.67. The highest BCUT2D eigenvalue weighted by Gasteiger charge is 2.19. The van der Waals surface area contributed by atoms with Crippen molar-refractivity contribution in [2.24, 2.45) is 4.99 Å². The van der Waals surface area contributed by atoms with Crippen LogP contribution in [0.3, 0.4) is 0 Å². The molecule has 0 radical (unpaired) electrons. The Bertz CT molecular complexity index is 528. The molecule has 6 nitrogen and oxygen atoms in total. The van der Waals surface area contributed by atoms with Gasteiger partial charge in [0.2, 0.25) is 0 Å². The first kappa shape index (κ1) is 19.8. The second kappa shape index (κ2) is 10.4. The molecule has 2 heterocycles. The topological polar surface area (TPSA) is 57.5 Å². The molecule has 0 atom stereocenters. The van der Waals surface area contributed by atoms with Crippen molar-refractivity contribution in [3.05, 3.63) is 17.5 Å². The molecule has 25 heavy (non-hydrogen) atoms. The van der Waals surface area contributed by atoms with Crippen molar-refractivity contribution in [2.45, 2.75) is 66.0 Å². The molecule has 0 aliphatic carbocycles. The lowest BCUT2D eigenvalue weighted by atomic mass is 10.1. The standard InChI is InChI=1S/C19H36N6/c1-5-11-24-13-8-18(9-14-24)22-19(20-6-2)21-10-7-12-25-17(4)15-16(3)23-25/h15,18H,5-14H2,1-4H3,(H2,20,21,22). The lowest BCUT2D eigenvalue weighted by molar-refractivity contribution is 0.206. The zero-order chi connectivity index (χ0) is 18.1. The number of aliphatic imine (C=N–C) groups is 1. The van der Waals surface area contributed by atoms with Crippen LogP contribution in [0.5, 0.6) is 0 Å². The molecule has 0 spiro atoms. The van der Waals surface area contributed by atoms with Gasteiger partial charge in [0.1, 0.15) is 0 Å². The van der Waals surface area contributed by atoms with Gasteiger partial charge in [-0.15, -0.1) is 0 Å². The normalized spacial score (nSPS) is 17.0. The maximum absolute atomic E-state index is 4.75. The van der Waals surface area contributed by atoms with Crippen LogP contribution in [0.4, 0.5) is 0 Å². The molecule has 1 aromatic rings. The summed E-state index contributed by atoms with van der Waals surface area (Å²) < 4.78 is 2.08. The van der Waals surface area contributed by atoms with Gasteiger partial charge in [-0.2, -0.15) is 5.10 Å². The number of hydrogen-bond acceptors (Lipinski definition) is 3. The molecule has 0 saturated carbocycles. The molecule has 1 fully saturated rings. The molecular weight excluding hydrogens is 312 g/mol. The highest BCUT2D eigenvalue weighted by atomic mass is 15.3. The summed E-state index contributed by atoms with van der Waals surface area (Å²) in [5.41, 5.74) is 2.32. The van der Waals surface area contributed by atoms with Crippen LogP contribution in [0.1, 0.15) is 50.9 Å². The maximum Gasteiger partial charge on any atom is 0.191 e. The fourth-order valence-corrected chi connectivity index (χ4v) is 3.44. The van der Waals surface area contributed by atoms with Crippen LogP contribution in [-0.2, 0) is 6.54 Å². The number of piperidine rings is 1. The highest BCUT2D eigenvalue weighted by molar-refractivity contribution is 5.80. The molecule has 1 saturated heterocycles. The summed E-state index contributed by atoms with van der Waals surface area (Å²) in [4.78, 5) is 7.32. The van der Waals surface area contributed by atoms with Crippen molar-refractivity contribution in [2.75, 3.05) is 32.7 Å². The van der Waals surface area contributed by atoms with Crippen molar-refractivity contribution in [1.82, 2.24) is 25.3 Å². The Kier molecular flexibility index (Phi) is 8.25. The fourth-order valence-electron chi connectivity index (χ4n) is 3.44. The Morgan fingerprint density at radius 3 is 2.60 bits per heavy atom. The predicted molar refractivity (Wildman–Crippen MR) is 105 cm³/mol. The number of likely N-dealkylation sites (tertiary alicyclic amines) is 1. The molecule has 6 heteroatoms. The lowest BCUT2D eigenvalue weighted by Crippen LogP contribution is -2.48. The molecule has 0 unspecified atom stereocenters. The van der Waals surface area contributed by atoms with Crippen LogP contribution in [0.2, 0.25) is 0 Å². The third-order valence-electron chi connectivity index (χ3n) is 4.71. The molecule has 1 aliphatic heterocycles. The Labute approximate surface area is 153 Å². The minimum atomic E-state index is 0.543. The van der Waals surface area contributed by atoms with Crippen molar-refractivity contribution in [3.8, 4) is 0 Å². The van der Waals surface area contributed by atoms with Gasteiger partial charge in [-0.1, -0.05) is 6.92 Å². The monoisotopic (exact) mass is 348 g/mol. The van der Waals surface area contributed by atoms with Crippen LogP contribution in [-0.4, -0.2) is 59.4 Å². The molecule has 2 N–H and O–H groups in total. The lowest BCUT2D eigenvalue weighted by Gasteiger charge is -2.32. The van der Waals surface area contributed by atoms with Crippen molar-refractivity contribution >= 4 is 5.96 Å². The van der Waals surface area contributed by atoms with Crippen LogP contribution in [0, 0.1) is 13.8 Å². The quantitative estimate of drug-likeness (QED) is 0.430. The average Bonchev–Trinajstić information content (AvgIpc) is 2.91. The molecule has 0 aromatic carbocycles. The van der Waals surface area contributed by atoms with Crippen molar-refractivity contribution in [1.29, 1.82) is 0 Å². The van der Waals surface area contributed by atoms with Crippen LogP contribution >= 0.6 is 0 Å². The van der Waals surface area contributed by atoms with Gasteiger partial charge in [-0.05, 0) is 59.1 Å². The Hall–Kier alpha value is -1.56. The average molecular weight is 349 g/mol. The minimum Gasteiger partial charge on any atom is -0.357 e. The van der Waals surface area contributed by atoms with Gasteiger partial charge in [-0.3, -0.25) is 9.67 Å². The van der Waals surface area contributed by atoms with E-state index >= 15 is 0 Å². The summed E-state index contributed by atoms with van der Waals surface area (Å²) in [5, 5.41) is 11.5. The molecule has 0 bridgehead atoms. The van der Waals surface area contributed by atoms with E-state index in [9.17, 15) is 0 Å². The van der Waals surface area contributed by atoms with Gasteiger partial charge in [0.05, 0.1) is 5.69 Å². The zero-order valence-corrected chi connectivity index (χ0v) is 16.5. The van der Waals surface area contributed by atoms with E-state index in [0.29, 0.717) is 6.04 Å². The summed E-state index contributed by atoms with van der Waals surface area (Å²) in [7, 11) is 0. The van der Waals surface area contributed by atoms with E-state index in [-0.39, 0.29) is 0 Å². The first-order valence-corrected chi connectivity index (χ1v) is 9.90. The minimum absolute atomic E-state index is 0.543. The number of aromatic nitrogens is 2. The van der Waals surface area contributed by atoms with Gasteiger partial charge >= 0.3 is 0 Å². The van der Waals surface area contributed by atoms with E-state index in [1.54, 1.807) is 0 Å². The van der Waals surface area contributed by atoms with Crippen LogP contribution in [0.25, 0.3) is 0 Å². The van der Waals surface area contributed by atoms with E-state index in [4.69, 9.17) is 4.99 Å². The van der Waals surface area contributed by atoms with Gasteiger partial charge in [0.25, 0.3) is 0 Å². The maximum atomic E-state index is 4.75. The molecule has 142 valence electrons. The molecule has 1 aliphatic rings. The van der Waals surface area contributed by atoms with Crippen molar-refractivity contribution < 1.29 is 0 Å². The smallest absolute Gasteiger partial charge is 0.191 e. The number of nitrogens with zero attached hydrogens (tertiary/aromatic N) is 4. The molecular formula is C19H36N6. The first-order chi connectivity index (χ1) is 12.1. The molecule has 2 rings (SSSR count). The third kappa shape index (κ3) is 6.69. The van der Waals surface area contributed by atoms with Gasteiger partial charge in [-0.25, -0.2) is 0 Å². The fraction of sp³-hybridized carbons (Fsp3) is 0.789. The summed E-state index contributed by atoms with van der Waals surface area (Å²) in [5.74, 6) is 0.963. The van der Waals surface area contributed by atoms with Gasteiger partial charge in [0.15, 0.2) is 5.96 Å². The third-order valence-corrected chi connectivity index (χ3v) is 4.71. The van der Waals surface area contributed by atoms with Crippen LogP contribution < -0.4 is 10.6 Å². The number of guanidine groups is 1. The Morgan fingerprint density at radius 2 is 2.00 bits per heavy atom. The SMILES string of the molecule is CCCN1CCC(NC(=NCCCn2nc(C)cc2C)NCC)CC1. The zero-order valence-electron chi connectivity index (χ0n) is 16.5. The Morgan fingerprint density at radius 1 is 1.24 bits per heavy atom. The van der Waals surface area contributed by atoms with E-state index < -0.39 is 0 Å². The van der Waals surface area contributed by atoms with E-state index in [1.807, 2.05) is 6.92 Å².